The third-order valence-corrected chi connectivity index (χ3v) is 8.23. The fraction of sp³-hybridized carbons (Fsp3) is 0.791. The molecule has 0 bridgehead atoms. The molecule has 306 valence electrons. The number of methoxy groups -OCH3 is 2. The van der Waals surface area contributed by atoms with E-state index in [4.69, 9.17) is 28.8 Å². The van der Waals surface area contributed by atoms with Crippen LogP contribution in [0, 0.1) is 53.3 Å². The Morgan fingerprint density at radius 1 is 0.500 bits per heavy atom. The predicted octanol–water partition coefficient (Wildman–Crippen LogP) is 9.62. The van der Waals surface area contributed by atoms with E-state index in [2.05, 4.69) is 40.7 Å². The third-order valence-electron chi connectivity index (χ3n) is 8.23. The van der Waals surface area contributed by atoms with E-state index >= 15 is 0 Å². The molecule has 0 radical (unpaired) electrons. The highest BCUT2D eigenvalue weighted by atomic mass is 16.6. The van der Waals surface area contributed by atoms with Gasteiger partial charge >= 0.3 is 17.9 Å². The maximum atomic E-state index is 11.7. The van der Waals surface area contributed by atoms with Crippen LogP contribution in [0.3, 0.4) is 0 Å². The first-order chi connectivity index (χ1) is 23.9. The highest BCUT2D eigenvalue weighted by molar-refractivity contribution is 5.72. The van der Waals surface area contributed by atoms with E-state index in [1.54, 1.807) is 14.2 Å². The van der Waals surface area contributed by atoms with Gasteiger partial charge in [-0.15, -0.1) is 0 Å². The molecule has 1 N–H and O–H groups in total. The van der Waals surface area contributed by atoms with E-state index in [9.17, 15) is 14.4 Å². The molecular formula is C43H80O9. The molecule has 0 heterocycles. The van der Waals surface area contributed by atoms with Crippen molar-refractivity contribution in [1.29, 1.82) is 0 Å². The molecule has 0 aliphatic carbocycles. The number of esters is 3. The number of allylic oxidation sites excluding steroid dienone is 1. The molecule has 0 unspecified atom stereocenters. The second-order valence-corrected chi connectivity index (χ2v) is 16.1. The highest BCUT2D eigenvalue weighted by Gasteiger charge is 2.27. The molecule has 0 aromatic heterocycles. The van der Waals surface area contributed by atoms with Crippen LogP contribution in [0.15, 0.2) is 35.1 Å². The van der Waals surface area contributed by atoms with Crippen molar-refractivity contribution >= 4 is 17.9 Å². The number of rotatable bonds is 19. The Kier molecular flexibility index (Phi) is 29.7. The van der Waals surface area contributed by atoms with Crippen LogP contribution in [0.1, 0.15) is 125 Å². The second-order valence-electron chi connectivity index (χ2n) is 16.1. The van der Waals surface area contributed by atoms with E-state index < -0.39 is 0 Å². The summed E-state index contributed by atoms with van der Waals surface area (Å²) in [5, 5.41) is 9.00. The molecule has 0 aromatic rings. The van der Waals surface area contributed by atoms with Crippen LogP contribution in [-0.4, -0.2) is 68.8 Å². The summed E-state index contributed by atoms with van der Waals surface area (Å²) in [5.74, 6) is 1.46. The van der Waals surface area contributed by atoms with Gasteiger partial charge in [0.15, 0.2) is 0 Å². The van der Waals surface area contributed by atoms with Crippen molar-refractivity contribution < 1.29 is 43.2 Å². The summed E-state index contributed by atoms with van der Waals surface area (Å²) in [7, 11) is 3.32. The summed E-state index contributed by atoms with van der Waals surface area (Å²) in [5.41, 5.74) is 2.07. The van der Waals surface area contributed by atoms with Crippen LogP contribution >= 0.6 is 0 Å². The largest absolute Gasteiger partial charge is 0.502 e. The summed E-state index contributed by atoms with van der Waals surface area (Å²) < 4.78 is 26.9. The van der Waals surface area contributed by atoms with Crippen molar-refractivity contribution in [2.45, 2.75) is 143 Å². The van der Waals surface area contributed by atoms with E-state index in [1.165, 1.54) is 0 Å². The Bertz CT molecular complexity index is 1030. The van der Waals surface area contributed by atoms with E-state index in [-0.39, 0.29) is 90.2 Å². The standard InChI is InChI=1S/C15H28O3.2C14H26O3/c1-10(2)14(18-15(16)11(3)4)13(6)8-12(5)9-17-7;1-9(2)13(17-14(15)10(3)4)11(5)8-12(6)16-7;1-9(2)13(17-14(16)10(3)4)12(6)7-11(5)8-15/h8,10-11,13-14H,9H2,1-7H3;8-11,13H,1-7H3;7,9-10,12-13,15H,8H2,1-6H3/b2*12-8+;11-7+/t13-,14+;11-,13+;12-,13+/m000/s1. The number of ether oxygens (including phenoxy) is 5. The summed E-state index contributed by atoms with van der Waals surface area (Å²) in [4.78, 5) is 35.0. The van der Waals surface area contributed by atoms with Crippen LogP contribution in [0.5, 0.6) is 0 Å². The number of aliphatic hydroxyl groups excluding tert-OH is 1. The van der Waals surface area contributed by atoms with Crippen LogP contribution in [0.25, 0.3) is 0 Å². The molecule has 0 saturated carbocycles. The Morgan fingerprint density at radius 3 is 1.02 bits per heavy atom. The van der Waals surface area contributed by atoms with Gasteiger partial charge in [0, 0.05) is 24.9 Å². The normalized spacial score (nSPS) is 16.0. The van der Waals surface area contributed by atoms with Gasteiger partial charge in [0.1, 0.15) is 18.3 Å². The van der Waals surface area contributed by atoms with Crippen molar-refractivity contribution in [3.8, 4) is 0 Å². The van der Waals surface area contributed by atoms with Crippen LogP contribution in [0.4, 0.5) is 0 Å². The lowest BCUT2D eigenvalue weighted by molar-refractivity contribution is -0.158. The Morgan fingerprint density at radius 2 is 0.788 bits per heavy atom. The van der Waals surface area contributed by atoms with Crippen molar-refractivity contribution in [3.05, 3.63) is 35.1 Å². The van der Waals surface area contributed by atoms with Crippen molar-refractivity contribution in [2.24, 2.45) is 53.3 Å². The van der Waals surface area contributed by atoms with Crippen LogP contribution in [-0.2, 0) is 38.1 Å². The van der Waals surface area contributed by atoms with E-state index in [0.29, 0.717) is 12.5 Å². The molecule has 9 nitrogen and oxygen atoms in total. The third kappa shape index (κ3) is 24.6. The molecular weight excluding hydrogens is 660 g/mol. The molecule has 0 saturated heterocycles. The quantitative estimate of drug-likeness (QED) is 0.0598. The fourth-order valence-corrected chi connectivity index (χ4v) is 5.31. The molecule has 0 aromatic carbocycles. The Balaban J connectivity index is -0.000000693. The average Bonchev–Trinajstić information content (AvgIpc) is 3.03. The average molecular weight is 741 g/mol. The van der Waals surface area contributed by atoms with E-state index in [1.807, 2.05) is 102 Å². The second kappa shape index (κ2) is 28.8. The number of hydrogen-bond acceptors (Lipinski definition) is 9. The first kappa shape index (κ1) is 53.7. The molecule has 0 rings (SSSR count). The minimum absolute atomic E-state index is 0.0489. The van der Waals surface area contributed by atoms with Gasteiger partial charge in [-0.2, -0.15) is 0 Å². The van der Waals surface area contributed by atoms with Gasteiger partial charge in [-0.25, -0.2) is 0 Å². The Labute approximate surface area is 319 Å². The molecule has 0 spiro atoms. The lowest BCUT2D eigenvalue weighted by atomic mass is 9.93. The molecule has 0 aliphatic rings. The Hall–Kier alpha value is -2.65. The summed E-state index contributed by atoms with van der Waals surface area (Å²) >= 11 is 0. The topological polar surface area (TPSA) is 118 Å². The maximum Gasteiger partial charge on any atom is 0.308 e. The summed E-state index contributed by atoms with van der Waals surface area (Å²) in [6.45, 7) is 36.0. The highest BCUT2D eigenvalue weighted by Crippen LogP contribution is 2.23. The van der Waals surface area contributed by atoms with Gasteiger partial charge in [0.05, 0.1) is 43.8 Å². The first-order valence-electron chi connectivity index (χ1n) is 19.2. The minimum atomic E-state index is -0.161. The molecule has 52 heavy (non-hydrogen) atoms. The maximum absolute atomic E-state index is 11.7. The predicted molar refractivity (Wildman–Crippen MR) is 213 cm³/mol. The number of hydrogen-bond donors (Lipinski definition) is 1. The molecule has 0 amide bonds. The zero-order valence-electron chi connectivity index (χ0n) is 36.8. The number of carbonyl (C=O) groups is 3. The van der Waals surface area contributed by atoms with Gasteiger partial charge < -0.3 is 28.8 Å². The van der Waals surface area contributed by atoms with Gasteiger partial charge in [-0.3, -0.25) is 14.4 Å². The van der Waals surface area contributed by atoms with Gasteiger partial charge in [-0.1, -0.05) is 127 Å². The van der Waals surface area contributed by atoms with Crippen molar-refractivity contribution in [1.82, 2.24) is 0 Å². The van der Waals surface area contributed by atoms with Gasteiger partial charge in [-0.05, 0) is 44.6 Å². The van der Waals surface area contributed by atoms with Gasteiger partial charge in [0.2, 0.25) is 0 Å². The smallest absolute Gasteiger partial charge is 0.308 e. The summed E-state index contributed by atoms with van der Waals surface area (Å²) in [6.07, 6.45) is 5.78. The first-order valence-corrected chi connectivity index (χ1v) is 19.2. The zero-order valence-corrected chi connectivity index (χ0v) is 36.8. The van der Waals surface area contributed by atoms with Crippen LogP contribution < -0.4 is 0 Å². The SMILES string of the molecule is C/C(=C\[C@H](C)[C@H](OC(=O)C(C)C)C(C)C)CO.CO/C(C)=C/[C@H](C)[C@H](OC(=O)C(C)C)C(C)C.COC/C(C)=C/[C@H](C)[C@H](OC(=O)C(C)C)C(C)C. The molecule has 9 heteroatoms. The zero-order chi connectivity index (χ0) is 41.5. The lowest BCUT2D eigenvalue weighted by Gasteiger charge is -2.27. The lowest BCUT2D eigenvalue weighted by Crippen LogP contribution is -2.31. The molecule has 0 fully saturated rings. The molecule has 6 atom stereocenters. The molecule has 0 aliphatic heterocycles. The van der Waals surface area contributed by atoms with Gasteiger partial charge in [0.25, 0.3) is 0 Å². The van der Waals surface area contributed by atoms with E-state index in [0.717, 1.165) is 16.9 Å². The van der Waals surface area contributed by atoms with Crippen LogP contribution in [0.2, 0.25) is 0 Å². The summed E-state index contributed by atoms with van der Waals surface area (Å²) in [6, 6.07) is 0. The monoisotopic (exact) mass is 741 g/mol. The minimum Gasteiger partial charge on any atom is -0.502 e. The fourth-order valence-electron chi connectivity index (χ4n) is 5.31. The number of carbonyl (C=O) groups excluding carboxylic acids is 3. The number of aliphatic hydroxyl groups is 1. The van der Waals surface area contributed by atoms with Crippen molar-refractivity contribution in [3.63, 3.8) is 0 Å². The van der Waals surface area contributed by atoms with Crippen molar-refractivity contribution in [2.75, 3.05) is 27.4 Å².